The van der Waals surface area contributed by atoms with E-state index in [1.54, 1.807) is 6.07 Å². The van der Waals surface area contributed by atoms with Crippen LogP contribution < -0.4 is 15.8 Å². The lowest BCUT2D eigenvalue weighted by Crippen LogP contribution is -2.01. The van der Waals surface area contributed by atoms with Gasteiger partial charge in [-0.25, -0.2) is 0 Å². The van der Waals surface area contributed by atoms with Crippen LogP contribution in [0.3, 0.4) is 0 Å². The minimum atomic E-state index is 0.466. The molecule has 0 bridgehead atoms. The Bertz CT molecular complexity index is 485. The number of hydrogen-bond acceptors (Lipinski definition) is 4. The molecule has 0 amide bonds. The van der Waals surface area contributed by atoms with Gasteiger partial charge in [-0.05, 0) is 31.2 Å². The van der Waals surface area contributed by atoms with Crippen LogP contribution in [0.4, 0.5) is 17.2 Å². The number of nitrogens with two attached hydrogens (primary N) is 1. The Labute approximate surface area is 100 Å². The summed E-state index contributed by atoms with van der Waals surface area (Å²) in [5.41, 5.74) is 7.28. The van der Waals surface area contributed by atoms with E-state index in [0.717, 1.165) is 5.69 Å². The van der Waals surface area contributed by atoms with Crippen molar-refractivity contribution in [3.8, 4) is 5.88 Å². The molecule has 0 aliphatic rings. The molecule has 0 saturated heterocycles. The fourth-order valence-electron chi connectivity index (χ4n) is 1.44. The van der Waals surface area contributed by atoms with E-state index in [1.165, 1.54) is 0 Å². The van der Waals surface area contributed by atoms with Crippen molar-refractivity contribution in [2.24, 2.45) is 0 Å². The number of benzene rings is 1. The van der Waals surface area contributed by atoms with Crippen molar-refractivity contribution in [1.29, 1.82) is 0 Å². The second-order valence-corrected chi connectivity index (χ2v) is 3.51. The average Bonchev–Trinajstić information content (AvgIpc) is 2.35. The molecule has 3 N–H and O–H groups in total. The smallest absolute Gasteiger partial charge is 0.239 e. The first kappa shape index (κ1) is 11.3. The molecule has 0 atom stereocenters. The van der Waals surface area contributed by atoms with Gasteiger partial charge in [0.1, 0.15) is 5.82 Å². The van der Waals surface area contributed by atoms with E-state index >= 15 is 0 Å². The molecule has 0 radical (unpaired) electrons. The van der Waals surface area contributed by atoms with Gasteiger partial charge in [-0.3, -0.25) is 0 Å². The number of aromatic nitrogens is 1. The highest BCUT2D eigenvalue weighted by Gasteiger charge is 2.03. The minimum Gasteiger partial charge on any atom is -0.476 e. The zero-order valence-electron chi connectivity index (χ0n) is 9.68. The highest BCUT2D eigenvalue weighted by molar-refractivity contribution is 5.60. The normalized spacial score (nSPS) is 9.94. The van der Waals surface area contributed by atoms with Gasteiger partial charge in [0.25, 0.3) is 0 Å². The van der Waals surface area contributed by atoms with Crippen molar-refractivity contribution in [2.75, 3.05) is 17.7 Å². The Hall–Kier alpha value is -2.23. The number of ether oxygens (including phenoxy) is 1. The maximum atomic E-state index is 5.75. The van der Waals surface area contributed by atoms with Gasteiger partial charge in [-0.2, -0.15) is 4.98 Å². The second-order valence-electron chi connectivity index (χ2n) is 3.51. The Morgan fingerprint density at radius 2 is 1.94 bits per heavy atom. The summed E-state index contributed by atoms with van der Waals surface area (Å²) in [6.07, 6.45) is 0. The number of rotatable bonds is 4. The topological polar surface area (TPSA) is 60.2 Å². The lowest BCUT2D eigenvalue weighted by atomic mass is 10.3. The van der Waals surface area contributed by atoms with Crippen LogP contribution in [0.5, 0.6) is 5.88 Å². The number of nitrogens with one attached hydrogen (secondary N) is 1. The molecule has 0 aliphatic heterocycles. The fraction of sp³-hybridized carbons (Fsp3) is 0.154. The van der Waals surface area contributed by atoms with Gasteiger partial charge in [-0.15, -0.1) is 0 Å². The van der Waals surface area contributed by atoms with Crippen molar-refractivity contribution in [3.63, 3.8) is 0 Å². The van der Waals surface area contributed by atoms with E-state index in [-0.39, 0.29) is 0 Å². The Balaban J connectivity index is 2.19. The zero-order chi connectivity index (χ0) is 12.1. The second kappa shape index (κ2) is 5.21. The summed E-state index contributed by atoms with van der Waals surface area (Å²) >= 11 is 0. The number of para-hydroxylation sites is 1. The molecule has 4 nitrogen and oxygen atoms in total. The Morgan fingerprint density at radius 3 is 2.65 bits per heavy atom. The number of hydrogen-bond donors (Lipinski definition) is 2. The van der Waals surface area contributed by atoms with Gasteiger partial charge >= 0.3 is 0 Å². The summed E-state index contributed by atoms with van der Waals surface area (Å²) in [4.78, 5) is 4.30. The molecule has 0 fully saturated rings. The van der Waals surface area contributed by atoms with Crippen LogP contribution in [-0.2, 0) is 0 Å². The largest absolute Gasteiger partial charge is 0.476 e. The number of pyridine rings is 1. The molecule has 1 heterocycles. The third-order valence-electron chi connectivity index (χ3n) is 2.22. The van der Waals surface area contributed by atoms with Crippen LogP contribution in [0.2, 0.25) is 0 Å². The summed E-state index contributed by atoms with van der Waals surface area (Å²) in [5, 5.41) is 3.18. The molecule has 0 spiro atoms. The standard InChI is InChI=1S/C13H15N3O/c1-2-17-13-11(14)8-9-12(16-13)15-10-6-4-3-5-7-10/h3-9H,2,14H2,1H3,(H,15,16). The number of nitrogens with zero attached hydrogens (tertiary/aromatic N) is 1. The highest BCUT2D eigenvalue weighted by Crippen LogP contribution is 2.22. The molecule has 4 heteroatoms. The van der Waals surface area contributed by atoms with Crippen LogP contribution in [-0.4, -0.2) is 11.6 Å². The van der Waals surface area contributed by atoms with Crippen LogP contribution in [0, 0.1) is 0 Å². The van der Waals surface area contributed by atoms with Crippen LogP contribution in [0.25, 0.3) is 0 Å². The third kappa shape index (κ3) is 2.87. The maximum absolute atomic E-state index is 5.75. The van der Waals surface area contributed by atoms with E-state index in [2.05, 4.69) is 10.3 Å². The molecule has 1 aromatic carbocycles. The monoisotopic (exact) mass is 229 g/mol. The first-order chi connectivity index (χ1) is 8.29. The summed E-state index contributed by atoms with van der Waals surface area (Å²) in [6, 6.07) is 13.4. The van der Waals surface area contributed by atoms with Gasteiger partial charge in [0.2, 0.25) is 5.88 Å². The van der Waals surface area contributed by atoms with E-state index in [9.17, 15) is 0 Å². The fourth-order valence-corrected chi connectivity index (χ4v) is 1.44. The van der Waals surface area contributed by atoms with Crippen molar-refractivity contribution < 1.29 is 4.74 Å². The molecule has 17 heavy (non-hydrogen) atoms. The quantitative estimate of drug-likeness (QED) is 0.846. The Kier molecular flexibility index (Phi) is 3.45. The van der Waals surface area contributed by atoms with Crippen LogP contribution >= 0.6 is 0 Å². The molecule has 1 aromatic heterocycles. The summed E-state index contributed by atoms with van der Waals surface area (Å²) in [6.45, 7) is 2.45. The highest BCUT2D eigenvalue weighted by atomic mass is 16.5. The Morgan fingerprint density at radius 1 is 1.18 bits per heavy atom. The van der Waals surface area contributed by atoms with Gasteiger partial charge in [0.15, 0.2) is 0 Å². The van der Waals surface area contributed by atoms with Crippen LogP contribution in [0.1, 0.15) is 6.92 Å². The van der Waals surface area contributed by atoms with E-state index in [1.807, 2.05) is 43.3 Å². The molecule has 0 saturated carbocycles. The summed E-state index contributed by atoms with van der Waals surface area (Å²) in [7, 11) is 0. The van der Waals surface area contributed by atoms with Crippen molar-refractivity contribution in [2.45, 2.75) is 6.92 Å². The number of anilines is 3. The SMILES string of the molecule is CCOc1nc(Nc2ccccc2)ccc1N. The molecular formula is C13H15N3O. The van der Waals surface area contributed by atoms with Crippen molar-refractivity contribution in [1.82, 2.24) is 4.98 Å². The lowest BCUT2D eigenvalue weighted by molar-refractivity contribution is 0.329. The predicted octanol–water partition coefficient (Wildman–Crippen LogP) is 2.81. The molecule has 2 rings (SSSR count). The zero-order valence-corrected chi connectivity index (χ0v) is 9.68. The van der Waals surface area contributed by atoms with E-state index in [4.69, 9.17) is 10.5 Å². The first-order valence-electron chi connectivity index (χ1n) is 5.51. The first-order valence-corrected chi connectivity index (χ1v) is 5.51. The lowest BCUT2D eigenvalue weighted by Gasteiger charge is -2.09. The summed E-state index contributed by atoms with van der Waals surface area (Å²) in [5.74, 6) is 1.18. The van der Waals surface area contributed by atoms with E-state index in [0.29, 0.717) is 24.0 Å². The predicted molar refractivity (Wildman–Crippen MR) is 69.5 cm³/mol. The van der Waals surface area contributed by atoms with Gasteiger partial charge < -0.3 is 15.8 Å². The average molecular weight is 229 g/mol. The minimum absolute atomic E-state index is 0.466. The van der Waals surface area contributed by atoms with Gasteiger partial charge in [0, 0.05) is 5.69 Å². The molecule has 88 valence electrons. The summed E-state index contributed by atoms with van der Waals surface area (Å²) < 4.78 is 5.34. The maximum Gasteiger partial charge on any atom is 0.239 e. The van der Waals surface area contributed by atoms with E-state index < -0.39 is 0 Å². The van der Waals surface area contributed by atoms with Crippen LogP contribution in [0.15, 0.2) is 42.5 Å². The number of nitrogen functional groups attached to an aromatic ring is 1. The van der Waals surface area contributed by atoms with Gasteiger partial charge in [0.05, 0.1) is 12.3 Å². The third-order valence-corrected chi connectivity index (χ3v) is 2.22. The van der Waals surface area contributed by atoms with Crippen molar-refractivity contribution in [3.05, 3.63) is 42.5 Å². The van der Waals surface area contributed by atoms with Crippen molar-refractivity contribution >= 4 is 17.2 Å². The molecular weight excluding hydrogens is 214 g/mol. The molecule has 0 unspecified atom stereocenters. The van der Waals surface area contributed by atoms with Gasteiger partial charge in [-0.1, -0.05) is 18.2 Å². The molecule has 2 aromatic rings. The molecule has 0 aliphatic carbocycles.